The smallest absolute Gasteiger partial charge is 0.353 e. The monoisotopic (exact) mass is 408 g/mol. The third-order valence-corrected chi connectivity index (χ3v) is 5.05. The van der Waals surface area contributed by atoms with Crippen molar-refractivity contribution in [2.45, 2.75) is 6.92 Å². The van der Waals surface area contributed by atoms with Crippen molar-refractivity contribution >= 4 is 28.3 Å². The van der Waals surface area contributed by atoms with Gasteiger partial charge in [0.25, 0.3) is 0 Å². The summed E-state index contributed by atoms with van der Waals surface area (Å²) in [5.41, 5.74) is 0.00163. The molecule has 0 saturated heterocycles. The molecule has 0 aliphatic rings. The Bertz CT molecular complexity index is 1220. The van der Waals surface area contributed by atoms with Crippen LogP contribution in [0.5, 0.6) is 23.0 Å². The van der Waals surface area contributed by atoms with Crippen LogP contribution >= 0.6 is 11.3 Å². The number of carbonyl (C=O) groups is 1. The summed E-state index contributed by atoms with van der Waals surface area (Å²) < 4.78 is 22.0. The van der Waals surface area contributed by atoms with Crippen LogP contribution in [-0.4, -0.2) is 13.1 Å². The topological polar surface area (TPSA) is 75.0 Å². The molecule has 0 N–H and O–H groups in total. The van der Waals surface area contributed by atoms with Crippen LogP contribution in [0.1, 0.15) is 15.4 Å². The second-order valence-corrected chi connectivity index (χ2v) is 7.07. The van der Waals surface area contributed by atoms with Gasteiger partial charge in [0.2, 0.25) is 11.2 Å². The summed E-state index contributed by atoms with van der Waals surface area (Å²) >= 11 is 1.29. The lowest BCUT2D eigenvalue weighted by Gasteiger charge is -2.10. The number of carbonyl (C=O) groups excluding carboxylic acids is 1. The lowest BCUT2D eigenvalue weighted by atomic mass is 10.2. The van der Waals surface area contributed by atoms with Gasteiger partial charge in [-0.3, -0.25) is 4.79 Å². The maximum atomic E-state index is 12.9. The van der Waals surface area contributed by atoms with Crippen molar-refractivity contribution in [2.24, 2.45) is 0 Å². The molecule has 0 unspecified atom stereocenters. The molecule has 7 heteroatoms. The number of ether oxygens (including phenoxy) is 3. The van der Waals surface area contributed by atoms with Gasteiger partial charge < -0.3 is 18.6 Å². The Morgan fingerprint density at radius 2 is 1.72 bits per heavy atom. The summed E-state index contributed by atoms with van der Waals surface area (Å²) in [6.45, 7) is 1.64. The largest absolute Gasteiger partial charge is 0.497 e. The summed E-state index contributed by atoms with van der Waals surface area (Å²) in [7, 11) is 1.57. The zero-order valence-corrected chi connectivity index (χ0v) is 16.4. The van der Waals surface area contributed by atoms with E-state index < -0.39 is 5.97 Å². The summed E-state index contributed by atoms with van der Waals surface area (Å²) in [5.74, 6) is 1.43. The summed E-state index contributed by atoms with van der Waals surface area (Å²) in [6.07, 6.45) is 0. The fourth-order valence-corrected chi connectivity index (χ4v) is 3.36. The van der Waals surface area contributed by atoms with Crippen LogP contribution in [0.25, 0.3) is 11.0 Å². The van der Waals surface area contributed by atoms with Crippen LogP contribution in [0.2, 0.25) is 0 Å². The maximum Gasteiger partial charge on any atom is 0.353 e. The van der Waals surface area contributed by atoms with E-state index in [1.807, 2.05) is 0 Å². The van der Waals surface area contributed by atoms with Crippen LogP contribution < -0.4 is 19.6 Å². The van der Waals surface area contributed by atoms with E-state index >= 15 is 0 Å². The number of thiophene rings is 1. The molecule has 6 nitrogen and oxygen atoms in total. The molecule has 0 bridgehead atoms. The molecule has 0 amide bonds. The number of esters is 1. The van der Waals surface area contributed by atoms with Crippen molar-refractivity contribution in [3.63, 3.8) is 0 Å². The standard InChI is InChI=1S/C22H16O6S/c1-13-21(27-15-7-5-14(25-2)6-8-15)20(23)17-10-9-16(12-18(17)26-13)28-22(24)19-4-3-11-29-19/h3-12H,1-2H3. The Balaban J connectivity index is 1.64. The van der Waals surface area contributed by atoms with Gasteiger partial charge >= 0.3 is 5.97 Å². The highest BCUT2D eigenvalue weighted by atomic mass is 32.1. The summed E-state index contributed by atoms with van der Waals surface area (Å²) in [5, 5.41) is 2.12. The van der Waals surface area contributed by atoms with Gasteiger partial charge in [0.15, 0.2) is 0 Å². The number of rotatable bonds is 5. The van der Waals surface area contributed by atoms with E-state index in [0.29, 0.717) is 38.9 Å². The summed E-state index contributed by atoms with van der Waals surface area (Å²) in [4.78, 5) is 25.5. The van der Waals surface area contributed by atoms with E-state index in [4.69, 9.17) is 18.6 Å². The minimum Gasteiger partial charge on any atom is -0.497 e. The van der Waals surface area contributed by atoms with Gasteiger partial charge in [0.1, 0.15) is 33.5 Å². The van der Waals surface area contributed by atoms with Crippen molar-refractivity contribution in [1.29, 1.82) is 0 Å². The number of methoxy groups -OCH3 is 1. The Morgan fingerprint density at radius 3 is 2.41 bits per heavy atom. The Kier molecular flexibility index (Phi) is 5.05. The molecule has 0 fully saturated rings. The van der Waals surface area contributed by atoms with Gasteiger partial charge in [0.05, 0.1) is 12.5 Å². The third-order valence-electron chi connectivity index (χ3n) is 4.20. The van der Waals surface area contributed by atoms with Gasteiger partial charge in [-0.25, -0.2) is 4.79 Å². The molecule has 146 valence electrons. The fourth-order valence-electron chi connectivity index (χ4n) is 2.76. The fraction of sp³-hybridized carbons (Fsp3) is 0.0909. The lowest BCUT2D eigenvalue weighted by molar-refractivity contribution is 0.0740. The van der Waals surface area contributed by atoms with E-state index in [2.05, 4.69) is 0 Å². The average molecular weight is 408 g/mol. The van der Waals surface area contributed by atoms with Crippen LogP contribution in [0, 0.1) is 6.92 Å². The molecule has 2 aromatic heterocycles. The first-order valence-electron chi connectivity index (χ1n) is 8.70. The molecule has 0 atom stereocenters. The predicted octanol–water partition coefficient (Wildman–Crippen LogP) is 5.18. The van der Waals surface area contributed by atoms with Crippen molar-refractivity contribution in [3.8, 4) is 23.0 Å². The van der Waals surface area contributed by atoms with Gasteiger partial charge in [-0.15, -0.1) is 11.3 Å². The molecule has 0 saturated carbocycles. The first-order chi connectivity index (χ1) is 14.0. The second kappa shape index (κ2) is 7.81. The Hall–Kier alpha value is -3.58. The van der Waals surface area contributed by atoms with E-state index in [9.17, 15) is 9.59 Å². The van der Waals surface area contributed by atoms with Crippen molar-refractivity contribution in [2.75, 3.05) is 7.11 Å². The maximum absolute atomic E-state index is 12.9. The molecule has 0 radical (unpaired) electrons. The van der Waals surface area contributed by atoms with E-state index in [-0.39, 0.29) is 11.2 Å². The van der Waals surface area contributed by atoms with Crippen molar-refractivity contribution in [3.05, 3.63) is 80.8 Å². The number of hydrogen-bond acceptors (Lipinski definition) is 7. The van der Waals surface area contributed by atoms with Crippen molar-refractivity contribution < 1.29 is 23.4 Å². The zero-order valence-electron chi connectivity index (χ0n) is 15.6. The van der Waals surface area contributed by atoms with Crippen LogP contribution in [0.3, 0.4) is 0 Å². The second-order valence-electron chi connectivity index (χ2n) is 6.12. The zero-order chi connectivity index (χ0) is 20.4. The predicted molar refractivity (Wildman–Crippen MR) is 110 cm³/mol. The SMILES string of the molecule is COc1ccc(Oc2c(C)oc3cc(OC(=O)c4cccs4)ccc3c2=O)cc1. The molecule has 29 heavy (non-hydrogen) atoms. The van der Waals surface area contributed by atoms with E-state index in [1.165, 1.54) is 17.4 Å². The molecule has 4 aromatic rings. The van der Waals surface area contributed by atoms with Crippen LogP contribution in [0.15, 0.2) is 69.2 Å². The molecule has 0 aliphatic carbocycles. The molecule has 2 heterocycles. The molecule has 4 rings (SSSR count). The number of aryl methyl sites for hydroxylation is 1. The van der Waals surface area contributed by atoms with Gasteiger partial charge in [0, 0.05) is 6.07 Å². The highest BCUT2D eigenvalue weighted by Gasteiger charge is 2.16. The minimum absolute atomic E-state index is 0.103. The quantitative estimate of drug-likeness (QED) is 0.334. The highest BCUT2D eigenvalue weighted by molar-refractivity contribution is 7.12. The first-order valence-corrected chi connectivity index (χ1v) is 9.58. The van der Waals surface area contributed by atoms with Crippen LogP contribution in [-0.2, 0) is 0 Å². The molecular weight excluding hydrogens is 392 g/mol. The Labute approximate surface area is 169 Å². The Morgan fingerprint density at radius 1 is 1.00 bits per heavy atom. The highest BCUT2D eigenvalue weighted by Crippen LogP contribution is 2.28. The van der Waals surface area contributed by atoms with Gasteiger partial charge in [-0.1, -0.05) is 6.07 Å². The number of benzene rings is 2. The normalized spacial score (nSPS) is 10.7. The molecule has 0 spiro atoms. The number of hydrogen-bond donors (Lipinski definition) is 0. The van der Waals surface area contributed by atoms with Gasteiger partial charge in [-0.2, -0.15) is 0 Å². The van der Waals surface area contributed by atoms with Gasteiger partial charge in [-0.05, 0) is 54.8 Å². The third kappa shape index (κ3) is 3.86. The average Bonchev–Trinajstić information content (AvgIpc) is 3.26. The van der Waals surface area contributed by atoms with Crippen molar-refractivity contribution in [1.82, 2.24) is 0 Å². The first kappa shape index (κ1) is 18.8. The van der Waals surface area contributed by atoms with E-state index in [0.717, 1.165) is 0 Å². The molecule has 0 aliphatic heterocycles. The van der Waals surface area contributed by atoms with Crippen LogP contribution in [0.4, 0.5) is 0 Å². The minimum atomic E-state index is -0.460. The van der Waals surface area contributed by atoms with E-state index in [1.54, 1.807) is 67.9 Å². The molecule has 2 aromatic carbocycles. The number of fused-ring (bicyclic) bond motifs is 1. The molecular formula is C22H16O6S. The summed E-state index contributed by atoms with van der Waals surface area (Å²) in [6, 6.07) is 15.0. The lowest BCUT2D eigenvalue weighted by Crippen LogP contribution is -2.09.